The summed E-state index contributed by atoms with van der Waals surface area (Å²) in [6, 6.07) is 0. The molecule has 2 aromatic rings. The number of nitro groups is 1. The molecule has 2 heterocycles. The van der Waals surface area contributed by atoms with Gasteiger partial charge >= 0.3 is 5.69 Å². The average Bonchev–Trinajstić information content (AvgIpc) is 2.83. The summed E-state index contributed by atoms with van der Waals surface area (Å²) in [5, 5.41) is 13.3. The van der Waals surface area contributed by atoms with Crippen LogP contribution in [0.3, 0.4) is 0 Å². The van der Waals surface area contributed by atoms with E-state index < -0.39 is 4.92 Å². The SMILES string of the molecule is O=[N+]([O-])c1cnc(NCCc2ncc[nH]2)nc1. The molecule has 88 valence electrons. The van der Waals surface area contributed by atoms with Crippen molar-refractivity contribution in [2.75, 3.05) is 11.9 Å². The molecule has 8 nitrogen and oxygen atoms in total. The van der Waals surface area contributed by atoms with E-state index in [1.807, 2.05) is 0 Å². The third kappa shape index (κ3) is 2.97. The maximum Gasteiger partial charge on any atom is 0.305 e. The molecular formula is C9H10N6O2. The number of aromatic amines is 1. The van der Waals surface area contributed by atoms with Crippen LogP contribution in [0.1, 0.15) is 5.82 Å². The van der Waals surface area contributed by atoms with Crippen LogP contribution in [0, 0.1) is 10.1 Å². The molecule has 0 unspecified atom stereocenters. The lowest BCUT2D eigenvalue weighted by molar-refractivity contribution is -0.385. The molecule has 0 aromatic carbocycles. The Morgan fingerprint density at radius 3 is 2.71 bits per heavy atom. The van der Waals surface area contributed by atoms with E-state index in [1.165, 1.54) is 12.4 Å². The molecule has 2 aromatic heterocycles. The zero-order valence-corrected chi connectivity index (χ0v) is 8.83. The molecule has 0 atom stereocenters. The van der Waals surface area contributed by atoms with Gasteiger partial charge in [-0.1, -0.05) is 0 Å². The molecule has 0 aliphatic carbocycles. The summed E-state index contributed by atoms with van der Waals surface area (Å²) in [6.45, 7) is 0.603. The van der Waals surface area contributed by atoms with E-state index in [4.69, 9.17) is 0 Å². The fraction of sp³-hybridized carbons (Fsp3) is 0.222. The summed E-state index contributed by atoms with van der Waals surface area (Å²) in [6.07, 6.45) is 6.47. The van der Waals surface area contributed by atoms with Gasteiger partial charge in [0.2, 0.25) is 5.95 Å². The van der Waals surface area contributed by atoms with Gasteiger partial charge in [-0.3, -0.25) is 10.1 Å². The van der Waals surface area contributed by atoms with Crippen molar-refractivity contribution < 1.29 is 4.92 Å². The van der Waals surface area contributed by atoms with Crippen LogP contribution in [-0.2, 0) is 6.42 Å². The predicted octanol–water partition coefficient (Wildman–Crippen LogP) is 0.762. The number of rotatable bonds is 5. The highest BCUT2D eigenvalue weighted by Crippen LogP contribution is 2.07. The van der Waals surface area contributed by atoms with Gasteiger partial charge in [-0.15, -0.1) is 0 Å². The van der Waals surface area contributed by atoms with E-state index in [9.17, 15) is 10.1 Å². The van der Waals surface area contributed by atoms with Gasteiger partial charge in [-0.2, -0.15) is 0 Å². The number of hydrogen-bond acceptors (Lipinski definition) is 6. The van der Waals surface area contributed by atoms with Crippen molar-refractivity contribution in [3.8, 4) is 0 Å². The van der Waals surface area contributed by atoms with E-state index in [2.05, 4.69) is 25.3 Å². The largest absolute Gasteiger partial charge is 0.354 e. The van der Waals surface area contributed by atoms with E-state index in [-0.39, 0.29) is 5.69 Å². The fourth-order valence-electron chi connectivity index (χ4n) is 1.23. The van der Waals surface area contributed by atoms with Gasteiger partial charge in [0.25, 0.3) is 0 Å². The first-order chi connectivity index (χ1) is 8.25. The second kappa shape index (κ2) is 5.01. The van der Waals surface area contributed by atoms with Crippen molar-refractivity contribution in [3.05, 3.63) is 40.7 Å². The lowest BCUT2D eigenvalue weighted by Crippen LogP contribution is -2.08. The predicted molar refractivity (Wildman–Crippen MR) is 59.5 cm³/mol. The van der Waals surface area contributed by atoms with E-state index in [0.29, 0.717) is 18.9 Å². The van der Waals surface area contributed by atoms with Gasteiger partial charge in [0.05, 0.1) is 4.92 Å². The van der Waals surface area contributed by atoms with Gasteiger partial charge < -0.3 is 10.3 Å². The minimum Gasteiger partial charge on any atom is -0.354 e. The summed E-state index contributed by atoms with van der Waals surface area (Å²) >= 11 is 0. The molecule has 0 spiro atoms. The topological polar surface area (TPSA) is 110 Å². The molecule has 0 amide bonds. The van der Waals surface area contributed by atoms with E-state index >= 15 is 0 Å². The van der Waals surface area contributed by atoms with E-state index in [1.54, 1.807) is 12.4 Å². The second-order valence-electron chi connectivity index (χ2n) is 3.23. The smallest absolute Gasteiger partial charge is 0.305 e. The Kier molecular flexibility index (Phi) is 3.24. The van der Waals surface area contributed by atoms with Crippen LogP contribution in [0.2, 0.25) is 0 Å². The zero-order valence-electron chi connectivity index (χ0n) is 8.83. The molecular weight excluding hydrogens is 224 g/mol. The third-order valence-corrected chi connectivity index (χ3v) is 2.05. The van der Waals surface area contributed by atoms with Crippen LogP contribution in [0.4, 0.5) is 11.6 Å². The highest BCUT2D eigenvalue weighted by molar-refractivity contribution is 5.30. The Bertz CT molecular complexity index is 481. The molecule has 2 rings (SSSR count). The number of H-pyrrole nitrogens is 1. The standard InChI is InChI=1S/C9H10N6O2/c16-15(17)7-5-13-9(14-6-7)12-2-1-8-10-3-4-11-8/h3-6H,1-2H2,(H,10,11)(H,12,13,14). The molecule has 17 heavy (non-hydrogen) atoms. The number of nitrogens with one attached hydrogen (secondary N) is 2. The molecule has 0 aliphatic heterocycles. The Hall–Kier alpha value is -2.51. The van der Waals surface area contributed by atoms with Crippen LogP contribution in [0.25, 0.3) is 0 Å². The van der Waals surface area contributed by atoms with Crippen LogP contribution in [0.5, 0.6) is 0 Å². The number of hydrogen-bond donors (Lipinski definition) is 2. The Morgan fingerprint density at radius 2 is 2.12 bits per heavy atom. The number of nitrogens with zero attached hydrogens (tertiary/aromatic N) is 4. The lowest BCUT2D eigenvalue weighted by Gasteiger charge is -2.01. The van der Waals surface area contributed by atoms with Gasteiger partial charge in [0.1, 0.15) is 18.2 Å². The maximum atomic E-state index is 10.4. The van der Waals surface area contributed by atoms with Gasteiger partial charge in [-0.25, -0.2) is 15.0 Å². The fourth-order valence-corrected chi connectivity index (χ4v) is 1.23. The summed E-state index contributed by atoms with van der Waals surface area (Å²) in [4.78, 5) is 24.5. The highest BCUT2D eigenvalue weighted by Gasteiger charge is 2.06. The quantitative estimate of drug-likeness (QED) is 0.583. The number of anilines is 1. The molecule has 2 N–H and O–H groups in total. The summed E-state index contributed by atoms with van der Waals surface area (Å²) in [5.41, 5.74) is -0.124. The van der Waals surface area contributed by atoms with Crippen molar-refractivity contribution in [2.24, 2.45) is 0 Å². The van der Waals surface area contributed by atoms with Gasteiger partial charge in [0, 0.05) is 25.4 Å². The van der Waals surface area contributed by atoms with Crippen molar-refractivity contribution in [1.82, 2.24) is 19.9 Å². The first kappa shape index (κ1) is 11.0. The molecule has 0 radical (unpaired) electrons. The van der Waals surface area contributed by atoms with E-state index in [0.717, 1.165) is 5.82 Å². The Morgan fingerprint density at radius 1 is 1.35 bits per heavy atom. The number of aromatic nitrogens is 4. The Balaban J connectivity index is 1.85. The van der Waals surface area contributed by atoms with Gasteiger partial charge in [-0.05, 0) is 0 Å². The number of imidazole rings is 1. The lowest BCUT2D eigenvalue weighted by atomic mass is 10.4. The van der Waals surface area contributed by atoms with Crippen LogP contribution in [0.15, 0.2) is 24.8 Å². The first-order valence-corrected chi connectivity index (χ1v) is 4.94. The summed E-state index contributed by atoms with van der Waals surface area (Å²) < 4.78 is 0. The third-order valence-electron chi connectivity index (χ3n) is 2.05. The van der Waals surface area contributed by atoms with Crippen LogP contribution >= 0.6 is 0 Å². The first-order valence-electron chi connectivity index (χ1n) is 4.94. The second-order valence-corrected chi connectivity index (χ2v) is 3.23. The van der Waals surface area contributed by atoms with Crippen molar-refractivity contribution >= 4 is 11.6 Å². The van der Waals surface area contributed by atoms with Crippen LogP contribution < -0.4 is 5.32 Å². The maximum absolute atomic E-state index is 10.4. The molecule has 8 heteroatoms. The van der Waals surface area contributed by atoms with Crippen molar-refractivity contribution in [2.45, 2.75) is 6.42 Å². The molecule has 0 fully saturated rings. The zero-order chi connectivity index (χ0) is 12.1. The normalized spacial score (nSPS) is 10.1. The summed E-state index contributed by atoms with van der Waals surface area (Å²) in [7, 11) is 0. The minimum absolute atomic E-state index is 0.124. The van der Waals surface area contributed by atoms with Crippen LogP contribution in [-0.4, -0.2) is 31.4 Å². The van der Waals surface area contributed by atoms with Crippen molar-refractivity contribution in [3.63, 3.8) is 0 Å². The minimum atomic E-state index is -0.535. The monoisotopic (exact) mass is 234 g/mol. The van der Waals surface area contributed by atoms with Gasteiger partial charge in [0.15, 0.2) is 0 Å². The highest BCUT2D eigenvalue weighted by atomic mass is 16.6. The summed E-state index contributed by atoms with van der Waals surface area (Å²) in [5.74, 6) is 1.22. The molecule has 0 saturated carbocycles. The Labute approximate surface area is 96.3 Å². The molecule has 0 aliphatic rings. The molecule has 0 bridgehead atoms. The average molecular weight is 234 g/mol. The molecule has 0 saturated heterocycles. The van der Waals surface area contributed by atoms with Crippen molar-refractivity contribution in [1.29, 1.82) is 0 Å².